The van der Waals surface area contributed by atoms with Crippen LogP contribution < -0.4 is 0 Å². The summed E-state index contributed by atoms with van der Waals surface area (Å²) in [7, 11) is -4.75. The highest BCUT2D eigenvalue weighted by Gasteiger charge is 2.22. The lowest BCUT2D eigenvalue weighted by Gasteiger charge is -2.18. The zero-order valence-electron chi connectivity index (χ0n) is 32.0. The minimum absolute atomic E-state index is 0.199. The van der Waals surface area contributed by atoms with E-state index in [0.717, 1.165) is 70.6 Å². The van der Waals surface area contributed by atoms with Crippen molar-refractivity contribution < 1.29 is 37.9 Å². The number of carbonyl (C=O) groups is 2. The molecule has 0 aromatic heterocycles. The second-order valence-corrected chi connectivity index (χ2v) is 14.9. The molecule has 0 amide bonds. The van der Waals surface area contributed by atoms with E-state index in [0.29, 0.717) is 6.42 Å². The summed E-state index contributed by atoms with van der Waals surface area (Å²) in [6.07, 6.45) is 42.9. The van der Waals surface area contributed by atoms with Crippen molar-refractivity contribution in [3.63, 3.8) is 0 Å². The number of allylic oxidation sites excluding steroid dienone is 6. The van der Waals surface area contributed by atoms with E-state index in [9.17, 15) is 14.2 Å². The van der Waals surface area contributed by atoms with E-state index >= 15 is 0 Å². The molecule has 0 aliphatic rings. The summed E-state index contributed by atoms with van der Waals surface area (Å²) < 4.78 is 26.3. The van der Waals surface area contributed by atoms with Gasteiger partial charge in [-0.05, 0) is 51.4 Å². The SMILES string of the molecule is CCCCC/C=C\C/C=C\C/C=C\CCCCCCCCC(=O)OC(COC(=O)CCCCCCCCCCCCCCC)COP(=O)(O)O. The van der Waals surface area contributed by atoms with Gasteiger partial charge in [-0.25, -0.2) is 4.57 Å². The van der Waals surface area contributed by atoms with Gasteiger partial charge in [-0.2, -0.15) is 0 Å². The normalized spacial score (nSPS) is 12.8. The van der Waals surface area contributed by atoms with Crippen LogP contribution in [0.4, 0.5) is 0 Å². The van der Waals surface area contributed by atoms with E-state index in [2.05, 4.69) is 54.8 Å². The molecule has 50 heavy (non-hydrogen) atoms. The van der Waals surface area contributed by atoms with Crippen molar-refractivity contribution in [2.75, 3.05) is 13.2 Å². The molecule has 0 rings (SSSR count). The molecule has 1 unspecified atom stereocenters. The molecule has 0 saturated heterocycles. The molecule has 0 aromatic rings. The van der Waals surface area contributed by atoms with Crippen LogP contribution in [-0.2, 0) is 28.2 Å². The van der Waals surface area contributed by atoms with Gasteiger partial charge < -0.3 is 19.3 Å². The first-order valence-corrected chi connectivity index (χ1v) is 21.8. The van der Waals surface area contributed by atoms with E-state index in [1.807, 2.05) is 0 Å². The second-order valence-electron chi connectivity index (χ2n) is 13.6. The number of carbonyl (C=O) groups excluding carboxylic acids is 2. The Morgan fingerprint density at radius 2 is 0.900 bits per heavy atom. The number of unbranched alkanes of at least 4 members (excludes halogenated alkanes) is 21. The van der Waals surface area contributed by atoms with Gasteiger partial charge in [0.15, 0.2) is 6.10 Å². The Balaban J connectivity index is 3.95. The predicted octanol–water partition coefficient (Wildman–Crippen LogP) is 12.2. The molecule has 0 spiro atoms. The quantitative estimate of drug-likeness (QED) is 0.0281. The third kappa shape index (κ3) is 39.1. The Morgan fingerprint density at radius 1 is 0.520 bits per heavy atom. The number of hydrogen-bond donors (Lipinski definition) is 2. The number of phosphoric acid groups is 1. The van der Waals surface area contributed by atoms with E-state index in [-0.39, 0.29) is 19.4 Å². The van der Waals surface area contributed by atoms with Crippen molar-refractivity contribution in [2.45, 2.75) is 200 Å². The summed E-state index contributed by atoms with van der Waals surface area (Å²) in [5.41, 5.74) is 0. The minimum Gasteiger partial charge on any atom is -0.462 e. The Labute approximate surface area is 306 Å². The van der Waals surface area contributed by atoms with E-state index in [1.165, 1.54) is 89.9 Å². The van der Waals surface area contributed by atoms with Crippen LogP contribution in [0.5, 0.6) is 0 Å². The maximum Gasteiger partial charge on any atom is 0.469 e. The Hall–Kier alpha value is -1.73. The fraction of sp³-hybridized carbons (Fsp3) is 0.805. The zero-order chi connectivity index (χ0) is 36.8. The average Bonchev–Trinajstić information content (AvgIpc) is 3.08. The average molecular weight is 727 g/mol. The van der Waals surface area contributed by atoms with E-state index in [1.54, 1.807) is 0 Å². The summed E-state index contributed by atoms with van der Waals surface area (Å²) in [4.78, 5) is 42.8. The molecule has 1 atom stereocenters. The highest BCUT2D eigenvalue weighted by atomic mass is 31.2. The molecule has 292 valence electrons. The van der Waals surface area contributed by atoms with E-state index in [4.69, 9.17) is 19.3 Å². The van der Waals surface area contributed by atoms with Gasteiger partial charge in [-0.15, -0.1) is 0 Å². The van der Waals surface area contributed by atoms with Crippen molar-refractivity contribution in [2.24, 2.45) is 0 Å². The first-order valence-electron chi connectivity index (χ1n) is 20.3. The highest BCUT2D eigenvalue weighted by molar-refractivity contribution is 7.46. The van der Waals surface area contributed by atoms with Gasteiger partial charge in [-0.3, -0.25) is 14.1 Å². The smallest absolute Gasteiger partial charge is 0.462 e. The monoisotopic (exact) mass is 727 g/mol. The number of hydrogen-bond acceptors (Lipinski definition) is 6. The van der Waals surface area contributed by atoms with Crippen LogP contribution in [0.15, 0.2) is 36.5 Å². The molecule has 8 nitrogen and oxygen atoms in total. The molecule has 0 saturated carbocycles. The van der Waals surface area contributed by atoms with Crippen LogP contribution in [0, 0.1) is 0 Å². The van der Waals surface area contributed by atoms with Crippen molar-refractivity contribution in [1.29, 1.82) is 0 Å². The molecule has 0 radical (unpaired) electrons. The maximum absolute atomic E-state index is 12.4. The standard InChI is InChI=1S/C41H75O8P/c1-3-5-7-9-11-13-15-17-18-19-20-21-22-24-26-28-30-32-34-36-41(43)49-39(38-48-50(44,45)46)37-47-40(42)35-33-31-29-27-25-23-16-14-12-10-8-6-4-2/h11,13,17-18,20-21,39H,3-10,12,14-16,19,22-38H2,1-2H3,(H2,44,45,46)/b13-11-,18-17-,21-20-. The van der Waals surface area contributed by atoms with E-state index < -0.39 is 32.5 Å². The van der Waals surface area contributed by atoms with Crippen LogP contribution in [0.1, 0.15) is 194 Å². The molecule has 2 N–H and O–H groups in total. The molecule has 0 aromatic carbocycles. The minimum atomic E-state index is -4.75. The van der Waals surface area contributed by atoms with Crippen LogP contribution >= 0.6 is 7.82 Å². The van der Waals surface area contributed by atoms with Crippen molar-refractivity contribution >= 4 is 19.8 Å². The van der Waals surface area contributed by atoms with Gasteiger partial charge in [-0.1, -0.05) is 166 Å². The zero-order valence-corrected chi connectivity index (χ0v) is 32.9. The van der Waals surface area contributed by atoms with Crippen molar-refractivity contribution in [1.82, 2.24) is 0 Å². The maximum atomic E-state index is 12.4. The fourth-order valence-corrected chi connectivity index (χ4v) is 5.98. The number of esters is 2. The third-order valence-corrected chi connectivity index (χ3v) is 9.15. The first-order chi connectivity index (χ1) is 24.3. The predicted molar refractivity (Wildman–Crippen MR) is 207 cm³/mol. The summed E-state index contributed by atoms with van der Waals surface area (Å²) in [5.74, 6) is -0.895. The summed E-state index contributed by atoms with van der Waals surface area (Å²) in [5, 5.41) is 0. The van der Waals surface area contributed by atoms with Crippen LogP contribution in [0.2, 0.25) is 0 Å². The lowest BCUT2D eigenvalue weighted by atomic mass is 10.0. The topological polar surface area (TPSA) is 119 Å². The van der Waals surface area contributed by atoms with Crippen LogP contribution in [0.3, 0.4) is 0 Å². The van der Waals surface area contributed by atoms with Gasteiger partial charge in [0.2, 0.25) is 0 Å². The molecule has 0 heterocycles. The largest absolute Gasteiger partial charge is 0.469 e. The molecular formula is C41H75O8P. The molecule has 0 fully saturated rings. The first kappa shape index (κ1) is 48.3. The van der Waals surface area contributed by atoms with Gasteiger partial charge in [0.1, 0.15) is 6.61 Å². The summed E-state index contributed by atoms with van der Waals surface area (Å²) in [6.45, 7) is 3.65. The Bertz CT molecular complexity index is 910. The highest BCUT2D eigenvalue weighted by Crippen LogP contribution is 2.36. The van der Waals surface area contributed by atoms with Crippen LogP contribution in [0.25, 0.3) is 0 Å². The van der Waals surface area contributed by atoms with Gasteiger partial charge in [0.25, 0.3) is 0 Å². The van der Waals surface area contributed by atoms with Gasteiger partial charge >= 0.3 is 19.8 Å². The van der Waals surface area contributed by atoms with Gasteiger partial charge in [0, 0.05) is 12.8 Å². The van der Waals surface area contributed by atoms with Crippen LogP contribution in [-0.4, -0.2) is 41.0 Å². The molecular weight excluding hydrogens is 651 g/mol. The number of phosphoric ester groups is 1. The summed E-state index contributed by atoms with van der Waals surface area (Å²) in [6, 6.07) is 0. The lowest BCUT2D eigenvalue weighted by molar-refractivity contribution is -0.161. The lowest BCUT2D eigenvalue weighted by Crippen LogP contribution is -2.29. The van der Waals surface area contributed by atoms with Crippen molar-refractivity contribution in [3.05, 3.63) is 36.5 Å². The third-order valence-electron chi connectivity index (χ3n) is 8.66. The Morgan fingerprint density at radius 3 is 1.38 bits per heavy atom. The molecule has 0 bridgehead atoms. The number of rotatable bonds is 37. The molecule has 0 aliphatic carbocycles. The Kier molecular flexibility index (Phi) is 35.8. The second kappa shape index (κ2) is 37.0. The molecule has 9 heteroatoms. The van der Waals surface area contributed by atoms with Gasteiger partial charge in [0.05, 0.1) is 6.61 Å². The summed E-state index contributed by atoms with van der Waals surface area (Å²) >= 11 is 0. The number of ether oxygens (including phenoxy) is 2. The molecule has 0 aliphatic heterocycles. The van der Waals surface area contributed by atoms with Crippen molar-refractivity contribution in [3.8, 4) is 0 Å². The fourth-order valence-electron chi connectivity index (χ4n) is 5.61.